The molecule has 2 heterocycles. The van der Waals surface area contributed by atoms with Crippen molar-refractivity contribution in [2.45, 2.75) is 104 Å². The number of benzene rings is 2. The van der Waals surface area contributed by atoms with Crippen molar-refractivity contribution in [1.29, 1.82) is 0 Å². The topological polar surface area (TPSA) is 77.3 Å². The summed E-state index contributed by atoms with van der Waals surface area (Å²) < 4.78 is 12.7. The van der Waals surface area contributed by atoms with Crippen LogP contribution in [0.3, 0.4) is 0 Å². The van der Waals surface area contributed by atoms with Gasteiger partial charge in [0.1, 0.15) is 12.1 Å². The van der Waals surface area contributed by atoms with Gasteiger partial charge >= 0.3 is 6.09 Å². The fourth-order valence-electron chi connectivity index (χ4n) is 7.70. The molecule has 286 valence electrons. The molecule has 0 saturated carbocycles. The Morgan fingerprint density at radius 3 is 2.38 bits per heavy atom. The fraction of sp³-hybridized carbons (Fsp3) is 0.476. The molecule has 2 aromatic carbocycles. The molecule has 2 aromatic rings. The summed E-state index contributed by atoms with van der Waals surface area (Å²) in [6.07, 6.45) is 12.8. The van der Waals surface area contributed by atoms with Crippen LogP contribution in [0.2, 0.25) is 10.0 Å². The van der Waals surface area contributed by atoms with E-state index in [1.54, 1.807) is 11.9 Å². The number of allylic oxidation sites excluding steroid dienone is 7. The summed E-state index contributed by atoms with van der Waals surface area (Å²) in [7, 11) is 1.80. The minimum atomic E-state index is -0.645. The minimum absolute atomic E-state index is 0.230. The first-order valence-corrected chi connectivity index (χ1v) is 20.1. The third-order valence-electron chi connectivity index (χ3n) is 10.3. The number of carbonyl (C=O) groups is 1. The van der Waals surface area contributed by atoms with Crippen LogP contribution in [-0.4, -0.2) is 52.8 Å². The standard InChI is InChI=1S/C42H53Cl2N3O5S/c1-10-11-23-46-34-26-30(43)17-19-32(34)41(5,6)36(46)21-15-28-13-14-29(38(28)45(9)39(48)50-40(2,3)4)16-22-37-42(7,8)33-20-18-31(44)27-35(33)47(37)24-12-25-53-52-51-49/h15-22,26-27H,10-14,23-25H2,1-9H3. The molecule has 1 amide bonds. The van der Waals surface area contributed by atoms with E-state index in [9.17, 15) is 10.1 Å². The number of hydrogen-bond acceptors (Lipinski definition) is 7. The summed E-state index contributed by atoms with van der Waals surface area (Å²) in [5.41, 5.74) is 8.77. The van der Waals surface area contributed by atoms with Crippen molar-refractivity contribution in [2.24, 2.45) is 0 Å². The molecule has 8 nitrogen and oxygen atoms in total. The van der Waals surface area contributed by atoms with Crippen molar-refractivity contribution in [2.75, 3.05) is 30.8 Å². The number of hydrogen-bond donors (Lipinski definition) is 0. The number of likely N-dealkylation sites (N-methyl/N-ethyl adjacent to an activating group) is 1. The zero-order valence-corrected chi connectivity index (χ0v) is 34.8. The lowest BCUT2D eigenvalue weighted by Crippen LogP contribution is -2.34. The van der Waals surface area contributed by atoms with Gasteiger partial charge in [0, 0.05) is 82.4 Å². The molecule has 1 aliphatic carbocycles. The van der Waals surface area contributed by atoms with Crippen LogP contribution in [0, 0.1) is 0 Å². The first-order valence-electron chi connectivity index (χ1n) is 18.4. The molecule has 0 bridgehead atoms. The van der Waals surface area contributed by atoms with Crippen LogP contribution in [0.15, 0.2) is 83.2 Å². The molecule has 2 aliphatic heterocycles. The zero-order chi connectivity index (χ0) is 38.7. The molecular formula is C42H53Cl2N3O5S. The van der Waals surface area contributed by atoms with E-state index in [1.807, 2.05) is 39.0 Å². The van der Waals surface area contributed by atoms with Gasteiger partial charge < -0.3 is 14.9 Å². The van der Waals surface area contributed by atoms with Crippen LogP contribution < -0.4 is 10.2 Å². The molecule has 0 unspecified atom stereocenters. The van der Waals surface area contributed by atoms with Crippen molar-refractivity contribution in [3.05, 3.63) is 104 Å². The molecule has 0 saturated heterocycles. The van der Waals surface area contributed by atoms with Crippen LogP contribution in [0.4, 0.5) is 16.2 Å². The Hall–Kier alpha value is -3.05. The van der Waals surface area contributed by atoms with Gasteiger partial charge in [-0.1, -0.05) is 68.6 Å². The number of nitrogens with zero attached hydrogens (tertiary/aromatic N) is 3. The summed E-state index contributed by atoms with van der Waals surface area (Å²) in [6.45, 7) is 18.4. The predicted molar refractivity (Wildman–Crippen MR) is 216 cm³/mol. The Bertz CT molecular complexity index is 1870. The highest BCUT2D eigenvalue weighted by atomic mass is 35.5. The molecule has 5 rings (SSSR count). The lowest BCUT2D eigenvalue weighted by molar-refractivity contribution is -0.777. The molecule has 0 fully saturated rings. The first kappa shape index (κ1) is 41.1. The Morgan fingerprint density at radius 1 is 1.00 bits per heavy atom. The average molecular weight is 783 g/mol. The number of ether oxygens (including phenoxy) is 1. The summed E-state index contributed by atoms with van der Waals surface area (Å²) in [5, 5.41) is 15.2. The molecule has 0 atom stereocenters. The van der Waals surface area contributed by atoms with Crippen molar-refractivity contribution in [1.82, 2.24) is 4.90 Å². The monoisotopic (exact) mass is 781 g/mol. The second-order valence-corrected chi connectivity index (χ2v) is 17.6. The second kappa shape index (κ2) is 16.8. The highest BCUT2D eigenvalue weighted by Crippen LogP contribution is 2.49. The molecule has 11 heteroatoms. The van der Waals surface area contributed by atoms with Crippen molar-refractivity contribution < 1.29 is 28.7 Å². The maximum absolute atomic E-state index is 13.7. The van der Waals surface area contributed by atoms with Gasteiger partial charge in [-0.05, 0) is 101 Å². The quantitative estimate of drug-likeness (QED) is 0.0658. The van der Waals surface area contributed by atoms with E-state index in [0.29, 0.717) is 17.3 Å². The van der Waals surface area contributed by atoms with Gasteiger partial charge in [0.05, 0.1) is 11.1 Å². The fourth-order valence-corrected chi connectivity index (χ4v) is 8.39. The molecule has 0 spiro atoms. The van der Waals surface area contributed by atoms with Gasteiger partial charge in [-0.15, -0.1) is 0 Å². The Morgan fingerprint density at radius 2 is 1.70 bits per heavy atom. The van der Waals surface area contributed by atoms with Crippen LogP contribution in [0.1, 0.15) is 98.6 Å². The normalized spacial score (nSPS) is 19.3. The summed E-state index contributed by atoms with van der Waals surface area (Å²) in [4.78, 5) is 17.7. The summed E-state index contributed by atoms with van der Waals surface area (Å²) in [5.74, 6) is 0.580. The van der Waals surface area contributed by atoms with Gasteiger partial charge in [0.15, 0.2) is 5.71 Å². The van der Waals surface area contributed by atoms with E-state index in [0.717, 1.165) is 89.6 Å². The van der Waals surface area contributed by atoms with E-state index in [-0.39, 0.29) is 10.8 Å². The Kier molecular flexibility index (Phi) is 13.0. The van der Waals surface area contributed by atoms with E-state index in [2.05, 4.69) is 96.0 Å². The lowest BCUT2D eigenvalue weighted by Gasteiger charge is -2.28. The number of unbranched alkanes of at least 4 members (excludes halogenated alkanes) is 1. The van der Waals surface area contributed by atoms with E-state index in [4.69, 9.17) is 27.9 Å². The Balaban J connectivity index is 1.59. The minimum Gasteiger partial charge on any atom is -0.691 e. The van der Waals surface area contributed by atoms with Crippen LogP contribution in [0.25, 0.3) is 0 Å². The van der Waals surface area contributed by atoms with E-state index < -0.39 is 11.7 Å². The maximum Gasteiger partial charge on any atom is 0.414 e. The molecule has 53 heavy (non-hydrogen) atoms. The SMILES string of the molecule is CCCCN1/C(=C/C=C2\CCC(/C=C/C3=[N+](CCCSOO[O-])c4cc(Cl)ccc4C3(C)C)=C2N(C)C(=O)OC(C)(C)C)C(C)(C)c2ccc(Cl)cc21. The highest BCUT2D eigenvalue weighted by molar-refractivity contribution is 7.94. The number of rotatable bonds is 13. The van der Waals surface area contributed by atoms with Crippen molar-refractivity contribution in [3.8, 4) is 0 Å². The third kappa shape index (κ3) is 8.93. The van der Waals surface area contributed by atoms with Gasteiger partial charge in [0.25, 0.3) is 0 Å². The molecule has 3 aliphatic rings. The van der Waals surface area contributed by atoms with Gasteiger partial charge in [-0.3, -0.25) is 9.94 Å². The van der Waals surface area contributed by atoms with Crippen molar-refractivity contribution in [3.63, 3.8) is 0 Å². The second-order valence-electron chi connectivity index (χ2n) is 15.9. The largest absolute Gasteiger partial charge is 0.691 e. The van der Waals surface area contributed by atoms with E-state index in [1.165, 1.54) is 16.8 Å². The van der Waals surface area contributed by atoms with Gasteiger partial charge in [-0.25, -0.2) is 4.79 Å². The number of carbonyl (C=O) groups excluding carboxylic acids is 1. The third-order valence-corrected chi connectivity index (χ3v) is 11.4. The van der Waals surface area contributed by atoms with Gasteiger partial charge in [0.2, 0.25) is 5.69 Å². The van der Waals surface area contributed by atoms with Crippen LogP contribution in [0.5, 0.6) is 0 Å². The molecule has 0 N–H and O–H groups in total. The first-order chi connectivity index (χ1) is 25.0. The van der Waals surface area contributed by atoms with Crippen LogP contribution >= 0.6 is 35.2 Å². The maximum atomic E-state index is 13.7. The Labute approximate surface area is 329 Å². The molecule has 0 radical (unpaired) electrons. The smallest absolute Gasteiger partial charge is 0.414 e. The number of halogens is 2. The zero-order valence-electron chi connectivity index (χ0n) is 32.5. The number of fused-ring (bicyclic) bond motifs is 2. The number of amides is 1. The van der Waals surface area contributed by atoms with Crippen molar-refractivity contribution >= 4 is 58.4 Å². The molecule has 0 aromatic heterocycles. The van der Waals surface area contributed by atoms with Crippen LogP contribution in [-0.2, 0) is 24.9 Å². The highest BCUT2D eigenvalue weighted by Gasteiger charge is 2.44. The average Bonchev–Trinajstić information content (AvgIpc) is 3.64. The summed E-state index contributed by atoms with van der Waals surface area (Å²) in [6, 6.07) is 12.2. The predicted octanol–water partition coefficient (Wildman–Crippen LogP) is 10.5. The summed E-state index contributed by atoms with van der Waals surface area (Å²) >= 11 is 14.0. The van der Waals surface area contributed by atoms with Gasteiger partial charge in [-0.2, -0.15) is 8.91 Å². The van der Waals surface area contributed by atoms with E-state index >= 15 is 0 Å². The molecular weight excluding hydrogens is 729 g/mol. The number of anilines is 1. The lowest BCUT2D eigenvalue weighted by atomic mass is 9.81.